The van der Waals surface area contributed by atoms with Crippen molar-refractivity contribution in [2.45, 2.75) is 12.8 Å². The van der Waals surface area contributed by atoms with Crippen LogP contribution in [0.4, 0.5) is 0 Å². The average molecular weight is 464 g/mol. The van der Waals surface area contributed by atoms with Crippen molar-refractivity contribution < 1.29 is 19.1 Å². The minimum atomic E-state index is -0.396. The van der Waals surface area contributed by atoms with Crippen molar-refractivity contribution in [3.8, 4) is 11.5 Å². The zero-order chi connectivity index (χ0) is 23.5. The summed E-state index contributed by atoms with van der Waals surface area (Å²) in [6, 6.07) is 24.0. The molecule has 0 radical (unpaired) electrons. The number of ether oxygens (including phenoxy) is 2. The van der Waals surface area contributed by atoms with Gasteiger partial charge in [-0.1, -0.05) is 42.5 Å². The fourth-order valence-corrected chi connectivity index (χ4v) is 3.08. The monoisotopic (exact) mass is 463 g/mol. The summed E-state index contributed by atoms with van der Waals surface area (Å²) in [5.74, 6) is 0.698. The van der Waals surface area contributed by atoms with Gasteiger partial charge in [0.25, 0.3) is 5.91 Å². The molecule has 3 aromatic carbocycles. The summed E-state index contributed by atoms with van der Waals surface area (Å²) >= 11 is 5.08. The van der Waals surface area contributed by atoms with Gasteiger partial charge in [0.15, 0.2) is 5.11 Å². The fraction of sp³-hybridized carbons (Fsp3) is 0.160. The molecule has 0 spiro atoms. The molecule has 0 saturated carbocycles. The van der Waals surface area contributed by atoms with Crippen LogP contribution in [-0.2, 0) is 17.6 Å². The van der Waals surface area contributed by atoms with Crippen LogP contribution in [0.3, 0.4) is 0 Å². The Morgan fingerprint density at radius 3 is 2.15 bits per heavy atom. The lowest BCUT2D eigenvalue weighted by Crippen LogP contribution is -2.48. The lowest BCUT2D eigenvalue weighted by atomic mass is 10.1. The molecule has 0 aliphatic heterocycles. The van der Waals surface area contributed by atoms with Crippen LogP contribution in [0.2, 0.25) is 0 Å². The number of hydrogen-bond donors (Lipinski definition) is 3. The Kier molecular flexibility index (Phi) is 8.79. The maximum Gasteiger partial charge on any atom is 0.257 e. The lowest BCUT2D eigenvalue weighted by Gasteiger charge is -2.11. The van der Waals surface area contributed by atoms with Gasteiger partial charge in [0.2, 0.25) is 5.91 Å². The van der Waals surface area contributed by atoms with Gasteiger partial charge in [-0.3, -0.25) is 25.8 Å². The Morgan fingerprint density at radius 2 is 1.48 bits per heavy atom. The van der Waals surface area contributed by atoms with Gasteiger partial charge in [0, 0.05) is 12.0 Å². The van der Waals surface area contributed by atoms with Crippen LogP contribution >= 0.6 is 12.2 Å². The van der Waals surface area contributed by atoms with Crippen molar-refractivity contribution in [2.24, 2.45) is 0 Å². The molecule has 33 heavy (non-hydrogen) atoms. The van der Waals surface area contributed by atoms with E-state index in [4.69, 9.17) is 21.7 Å². The van der Waals surface area contributed by atoms with E-state index in [1.807, 2.05) is 18.2 Å². The molecule has 170 valence electrons. The standard InChI is InChI=1S/C25H25N3O4S/c1-31-21-11-7-19(8-12-21)17-23(29)27-28-25(33)26-24(30)20-9-13-22(14-10-20)32-16-15-18-5-3-2-4-6-18/h2-14H,15-17H2,1H3,(H,27,29)(H2,26,28,30,33). The topological polar surface area (TPSA) is 88.7 Å². The molecule has 0 unspecified atom stereocenters. The molecule has 0 heterocycles. The number of benzene rings is 3. The zero-order valence-corrected chi connectivity index (χ0v) is 19.0. The fourth-order valence-electron chi connectivity index (χ4n) is 2.94. The molecule has 7 nitrogen and oxygen atoms in total. The Labute approximate surface area is 198 Å². The van der Waals surface area contributed by atoms with Crippen molar-refractivity contribution in [2.75, 3.05) is 13.7 Å². The van der Waals surface area contributed by atoms with Crippen LogP contribution in [0.1, 0.15) is 21.5 Å². The number of amides is 2. The summed E-state index contributed by atoms with van der Waals surface area (Å²) in [5.41, 5.74) is 7.43. The Bertz CT molecular complexity index is 1070. The van der Waals surface area contributed by atoms with E-state index < -0.39 is 5.91 Å². The highest BCUT2D eigenvalue weighted by Crippen LogP contribution is 2.13. The van der Waals surface area contributed by atoms with E-state index >= 15 is 0 Å². The van der Waals surface area contributed by atoms with Crippen molar-refractivity contribution in [3.63, 3.8) is 0 Å². The van der Waals surface area contributed by atoms with Crippen LogP contribution in [0, 0.1) is 0 Å². The quantitative estimate of drug-likeness (QED) is 0.351. The third-order valence-corrected chi connectivity index (χ3v) is 4.89. The van der Waals surface area contributed by atoms with E-state index in [0.717, 1.165) is 12.0 Å². The van der Waals surface area contributed by atoms with Gasteiger partial charge in [-0.2, -0.15) is 0 Å². The molecule has 3 N–H and O–H groups in total. The second-order valence-corrected chi connectivity index (χ2v) is 7.50. The van der Waals surface area contributed by atoms with E-state index in [-0.39, 0.29) is 17.4 Å². The number of thiocarbonyl (C=S) groups is 1. The third kappa shape index (κ3) is 7.93. The van der Waals surface area contributed by atoms with Crippen molar-refractivity contribution in [1.29, 1.82) is 0 Å². The number of hydrogen-bond acceptors (Lipinski definition) is 5. The maximum atomic E-state index is 12.4. The van der Waals surface area contributed by atoms with E-state index in [9.17, 15) is 9.59 Å². The first-order valence-electron chi connectivity index (χ1n) is 10.3. The highest BCUT2D eigenvalue weighted by Gasteiger charge is 2.09. The molecule has 0 aromatic heterocycles. The maximum absolute atomic E-state index is 12.4. The minimum Gasteiger partial charge on any atom is -0.497 e. The number of carbonyl (C=O) groups is 2. The van der Waals surface area contributed by atoms with Gasteiger partial charge in [-0.25, -0.2) is 0 Å². The van der Waals surface area contributed by atoms with E-state index in [1.54, 1.807) is 55.6 Å². The van der Waals surface area contributed by atoms with Crippen LogP contribution in [-0.4, -0.2) is 30.6 Å². The molecule has 0 saturated heterocycles. The first kappa shape index (κ1) is 23.7. The predicted octanol–water partition coefficient (Wildman–Crippen LogP) is 3.19. The molecule has 0 atom stereocenters. The van der Waals surface area contributed by atoms with Crippen LogP contribution in [0.15, 0.2) is 78.9 Å². The van der Waals surface area contributed by atoms with Crippen molar-refractivity contribution in [3.05, 3.63) is 95.6 Å². The minimum absolute atomic E-state index is 0.00808. The molecule has 8 heteroatoms. The molecule has 0 aliphatic carbocycles. The lowest BCUT2D eigenvalue weighted by molar-refractivity contribution is -0.121. The molecule has 2 amide bonds. The van der Waals surface area contributed by atoms with Crippen LogP contribution in [0.5, 0.6) is 11.5 Å². The number of nitrogens with one attached hydrogen (secondary N) is 3. The Balaban J connectivity index is 1.38. The molecule has 0 aliphatic rings. The van der Waals surface area contributed by atoms with Crippen molar-refractivity contribution in [1.82, 2.24) is 16.2 Å². The smallest absolute Gasteiger partial charge is 0.257 e. The summed E-state index contributed by atoms with van der Waals surface area (Å²) < 4.78 is 10.8. The van der Waals surface area contributed by atoms with Gasteiger partial charge >= 0.3 is 0 Å². The zero-order valence-electron chi connectivity index (χ0n) is 18.2. The number of methoxy groups -OCH3 is 1. The van der Waals surface area contributed by atoms with Crippen LogP contribution in [0.25, 0.3) is 0 Å². The summed E-state index contributed by atoms with van der Waals surface area (Å²) in [6.07, 6.45) is 0.951. The first-order chi connectivity index (χ1) is 16.0. The Morgan fingerprint density at radius 1 is 0.818 bits per heavy atom. The largest absolute Gasteiger partial charge is 0.497 e. The van der Waals surface area contributed by atoms with Crippen molar-refractivity contribution >= 4 is 29.1 Å². The second kappa shape index (κ2) is 12.2. The highest BCUT2D eigenvalue weighted by atomic mass is 32.1. The molecule has 3 aromatic rings. The predicted molar refractivity (Wildman–Crippen MR) is 130 cm³/mol. The highest BCUT2D eigenvalue weighted by molar-refractivity contribution is 7.80. The second-order valence-electron chi connectivity index (χ2n) is 7.09. The molecule has 0 fully saturated rings. The number of rotatable bonds is 8. The first-order valence-corrected chi connectivity index (χ1v) is 10.7. The summed E-state index contributed by atoms with van der Waals surface area (Å²) in [7, 11) is 1.58. The number of hydrazine groups is 1. The molecular weight excluding hydrogens is 438 g/mol. The van der Waals surface area contributed by atoms with Gasteiger partial charge < -0.3 is 9.47 Å². The summed E-state index contributed by atoms with van der Waals surface area (Å²) in [5, 5.41) is 2.52. The summed E-state index contributed by atoms with van der Waals surface area (Å²) in [4.78, 5) is 24.4. The van der Waals surface area contributed by atoms with Gasteiger partial charge in [0.1, 0.15) is 11.5 Å². The average Bonchev–Trinajstić information content (AvgIpc) is 2.84. The third-order valence-electron chi connectivity index (χ3n) is 4.69. The summed E-state index contributed by atoms with van der Waals surface area (Å²) in [6.45, 7) is 0.541. The van der Waals surface area contributed by atoms with Gasteiger partial charge in [0.05, 0.1) is 20.1 Å². The molecule has 0 bridgehead atoms. The molecular formula is C25H25N3O4S. The van der Waals surface area contributed by atoms with E-state index in [1.165, 1.54) is 5.56 Å². The SMILES string of the molecule is COc1ccc(CC(=O)NNC(=S)NC(=O)c2ccc(OCCc3ccccc3)cc2)cc1. The van der Waals surface area contributed by atoms with E-state index in [2.05, 4.69) is 28.3 Å². The van der Waals surface area contributed by atoms with Gasteiger partial charge in [-0.05, 0) is 59.7 Å². The number of carbonyl (C=O) groups excluding carboxylic acids is 2. The van der Waals surface area contributed by atoms with Crippen LogP contribution < -0.4 is 25.6 Å². The molecule has 3 rings (SSSR count). The van der Waals surface area contributed by atoms with Gasteiger partial charge in [-0.15, -0.1) is 0 Å². The Hall–Kier alpha value is -3.91. The normalized spacial score (nSPS) is 10.1. The van der Waals surface area contributed by atoms with E-state index in [0.29, 0.717) is 23.7 Å².